The van der Waals surface area contributed by atoms with Crippen molar-refractivity contribution in [3.05, 3.63) is 113 Å². The number of nitrogens with zero attached hydrogens (tertiary/aromatic N) is 2. The van der Waals surface area contributed by atoms with Crippen molar-refractivity contribution in [2.24, 2.45) is 0 Å². The molecular weight excluding hydrogens is 579 g/mol. The fourth-order valence-corrected chi connectivity index (χ4v) is 7.21. The maximum absolute atomic E-state index is 14.3. The first kappa shape index (κ1) is 30.6. The molecule has 45 heavy (non-hydrogen) atoms. The SMILES string of the molecule is CC(c1c[nH]c2ccccc12)C(NC(=O)N1CCC(c2ccccc2)CC1)C(=O)Nc1cc(CN(C)C)ccc1-c1cccs1. The van der Waals surface area contributed by atoms with Crippen LogP contribution in [0.2, 0.25) is 0 Å². The van der Waals surface area contributed by atoms with E-state index in [1.165, 1.54) is 5.56 Å². The molecule has 3 aromatic carbocycles. The molecule has 3 amide bonds. The third-order valence-corrected chi connectivity index (χ3v) is 9.76. The van der Waals surface area contributed by atoms with Gasteiger partial charge in [-0.15, -0.1) is 11.3 Å². The van der Waals surface area contributed by atoms with Crippen LogP contribution in [0.3, 0.4) is 0 Å². The molecule has 3 heterocycles. The van der Waals surface area contributed by atoms with E-state index in [1.807, 2.05) is 67.8 Å². The second kappa shape index (κ2) is 13.7. The van der Waals surface area contributed by atoms with Crippen LogP contribution in [0.5, 0.6) is 0 Å². The minimum atomic E-state index is -0.794. The van der Waals surface area contributed by atoms with Crippen LogP contribution in [0.4, 0.5) is 10.5 Å². The number of carbonyl (C=O) groups excluding carboxylic acids is 2. The van der Waals surface area contributed by atoms with Crippen LogP contribution >= 0.6 is 11.3 Å². The smallest absolute Gasteiger partial charge is 0.318 e. The molecule has 232 valence electrons. The second-order valence-electron chi connectivity index (χ2n) is 12.3. The first-order valence-electron chi connectivity index (χ1n) is 15.7. The molecule has 1 fully saturated rings. The van der Waals surface area contributed by atoms with Crippen LogP contribution in [0.1, 0.15) is 48.3 Å². The van der Waals surface area contributed by atoms with Gasteiger partial charge in [0.05, 0.1) is 0 Å². The highest BCUT2D eigenvalue weighted by molar-refractivity contribution is 7.13. The summed E-state index contributed by atoms with van der Waals surface area (Å²) in [5.74, 6) is -0.0909. The summed E-state index contributed by atoms with van der Waals surface area (Å²) in [7, 11) is 4.06. The van der Waals surface area contributed by atoms with Crippen molar-refractivity contribution >= 4 is 39.9 Å². The minimum Gasteiger partial charge on any atom is -0.361 e. The molecule has 0 bridgehead atoms. The zero-order chi connectivity index (χ0) is 31.3. The Morgan fingerprint density at radius 3 is 2.47 bits per heavy atom. The molecule has 8 heteroatoms. The molecule has 1 aliphatic rings. The highest BCUT2D eigenvalue weighted by Crippen LogP contribution is 2.34. The first-order valence-corrected chi connectivity index (χ1v) is 16.5. The number of para-hydroxylation sites is 1. The van der Waals surface area contributed by atoms with Gasteiger partial charge >= 0.3 is 6.03 Å². The highest BCUT2D eigenvalue weighted by atomic mass is 32.1. The lowest BCUT2D eigenvalue weighted by molar-refractivity contribution is -0.118. The van der Waals surface area contributed by atoms with E-state index in [0.29, 0.717) is 19.0 Å². The number of amides is 3. The average molecular weight is 620 g/mol. The van der Waals surface area contributed by atoms with E-state index in [9.17, 15) is 9.59 Å². The molecule has 5 aromatic rings. The van der Waals surface area contributed by atoms with Gasteiger partial charge in [0, 0.05) is 58.8 Å². The molecule has 2 unspecified atom stereocenters. The number of carbonyl (C=O) groups is 2. The van der Waals surface area contributed by atoms with Crippen molar-refractivity contribution in [3.8, 4) is 10.4 Å². The standard InChI is InChI=1S/C37H41N5O2S/c1-25(31-23-38-32-13-8-7-12-29(31)32)35(40-37(44)42-19-17-28(18-20-42)27-10-5-4-6-11-27)36(43)39-33-22-26(24-41(2)3)15-16-30(33)34-14-9-21-45-34/h4-16,21-23,25,28,35,38H,17-20,24H2,1-3H3,(H,39,43)(H,40,44). The Bertz CT molecular complexity index is 1740. The van der Waals surface area contributed by atoms with Crippen LogP contribution in [0.25, 0.3) is 21.3 Å². The van der Waals surface area contributed by atoms with E-state index < -0.39 is 6.04 Å². The quantitative estimate of drug-likeness (QED) is 0.159. The Kier molecular flexibility index (Phi) is 9.33. The Morgan fingerprint density at radius 1 is 0.978 bits per heavy atom. The number of rotatable bonds is 9. The Balaban J connectivity index is 1.27. The van der Waals surface area contributed by atoms with E-state index >= 15 is 0 Å². The molecule has 0 aliphatic carbocycles. The maximum Gasteiger partial charge on any atom is 0.318 e. The van der Waals surface area contributed by atoms with Gasteiger partial charge in [-0.25, -0.2) is 4.79 Å². The topological polar surface area (TPSA) is 80.5 Å². The number of piperidine rings is 1. The van der Waals surface area contributed by atoms with Crippen LogP contribution in [0, 0.1) is 0 Å². The fraction of sp³-hybridized carbons (Fsp3) is 0.297. The molecule has 0 spiro atoms. The molecule has 2 aromatic heterocycles. The molecule has 0 radical (unpaired) electrons. The molecule has 2 atom stereocenters. The van der Waals surface area contributed by atoms with Crippen LogP contribution < -0.4 is 10.6 Å². The van der Waals surface area contributed by atoms with Gasteiger partial charge in [-0.2, -0.15) is 0 Å². The van der Waals surface area contributed by atoms with Gasteiger partial charge in [0.15, 0.2) is 0 Å². The van der Waals surface area contributed by atoms with Crippen LogP contribution in [-0.2, 0) is 11.3 Å². The lowest BCUT2D eigenvalue weighted by Gasteiger charge is -2.34. The average Bonchev–Trinajstić information content (AvgIpc) is 3.74. The summed E-state index contributed by atoms with van der Waals surface area (Å²) in [6, 6.07) is 27.9. The van der Waals surface area contributed by atoms with Gasteiger partial charge in [-0.1, -0.05) is 73.7 Å². The maximum atomic E-state index is 14.3. The zero-order valence-corrected chi connectivity index (χ0v) is 26.9. The van der Waals surface area contributed by atoms with Crippen molar-refractivity contribution in [2.45, 2.75) is 44.2 Å². The summed E-state index contributed by atoms with van der Waals surface area (Å²) in [6.07, 6.45) is 3.76. The largest absolute Gasteiger partial charge is 0.361 e. The lowest BCUT2D eigenvalue weighted by atomic mass is 9.89. The van der Waals surface area contributed by atoms with E-state index in [-0.39, 0.29) is 17.9 Å². The third kappa shape index (κ3) is 6.97. The van der Waals surface area contributed by atoms with Crippen molar-refractivity contribution in [1.29, 1.82) is 0 Å². The number of fused-ring (bicyclic) bond motifs is 1. The number of anilines is 1. The third-order valence-electron chi connectivity index (χ3n) is 8.85. The predicted molar refractivity (Wildman–Crippen MR) is 185 cm³/mol. The highest BCUT2D eigenvalue weighted by Gasteiger charge is 2.33. The van der Waals surface area contributed by atoms with Crippen molar-refractivity contribution < 1.29 is 9.59 Å². The molecular formula is C37H41N5O2S. The number of hydrogen-bond donors (Lipinski definition) is 3. The molecule has 3 N–H and O–H groups in total. The molecule has 7 nitrogen and oxygen atoms in total. The van der Waals surface area contributed by atoms with Crippen molar-refractivity contribution in [3.63, 3.8) is 0 Å². The number of H-pyrrole nitrogens is 1. The summed E-state index contributed by atoms with van der Waals surface area (Å²) < 4.78 is 0. The molecule has 6 rings (SSSR count). The van der Waals surface area contributed by atoms with Crippen LogP contribution in [-0.4, -0.2) is 59.9 Å². The summed E-state index contributed by atoms with van der Waals surface area (Å²) in [4.78, 5) is 36.5. The van der Waals surface area contributed by atoms with Gasteiger partial charge < -0.3 is 25.4 Å². The number of urea groups is 1. The summed E-state index contributed by atoms with van der Waals surface area (Å²) >= 11 is 1.64. The Hall–Kier alpha value is -4.40. The van der Waals surface area contributed by atoms with Gasteiger partial charge in [-0.05, 0) is 73.1 Å². The van der Waals surface area contributed by atoms with Crippen LogP contribution in [0.15, 0.2) is 96.5 Å². The van der Waals surface area contributed by atoms with E-state index in [4.69, 9.17) is 0 Å². The number of benzene rings is 3. The number of aromatic amines is 1. The fourth-order valence-electron chi connectivity index (χ4n) is 6.45. The minimum absolute atomic E-state index is 0.201. The first-order chi connectivity index (χ1) is 21.9. The normalized spacial score (nSPS) is 15.2. The second-order valence-corrected chi connectivity index (χ2v) is 13.2. The number of thiophene rings is 1. The molecule has 1 aliphatic heterocycles. The van der Waals surface area contributed by atoms with Crippen molar-refractivity contribution in [2.75, 3.05) is 32.5 Å². The van der Waals surface area contributed by atoms with E-state index in [1.54, 1.807) is 11.3 Å². The molecule has 0 saturated carbocycles. The number of aromatic nitrogens is 1. The Morgan fingerprint density at radius 2 is 1.73 bits per heavy atom. The Labute approximate surface area is 269 Å². The van der Waals surface area contributed by atoms with Gasteiger partial charge in [0.2, 0.25) is 5.91 Å². The van der Waals surface area contributed by atoms with Gasteiger partial charge in [0.25, 0.3) is 0 Å². The lowest BCUT2D eigenvalue weighted by Crippen LogP contribution is -2.53. The number of hydrogen-bond acceptors (Lipinski definition) is 4. The summed E-state index contributed by atoms with van der Waals surface area (Å²) in [6.45, 7) is 4.06. The zero-order valence-electron chi connectivity index (χ0n) is 26.1. The van der Waals surface area contributed by atoms with Crippen molar-refractivity contribution in [1.82, 2.24) is 20.1 Å². The predicted octanol–water partition coefficient (Wildman–Crippen LogP) is 7.66. The number of likely N-dealkylation sites (tertiary alicyclic amines) is 1. The monoisotopic (exact) mass is 619 g/mol. The van der Waals surface area contributed by atoms with Gasteiger partial charge in [0.1, 0.15) is 6.04 Å². The van der Waals surface area contributed by atoms with Gasteiger partial charge in [-0.3, -0.25) is 4.79 Å². The number of nitrogens with one attached hydrogen (secondary N) is 3. The summed E-state index contributed by atoms with van der Waals surface area (Å²) in [5, 5.41) is 9.51. The summed E-state index contributed by atoms with van der Waals surface area (Å²) in [5.41, 5.74) is 6.13. The molecule has 1 saturated heterocycles. The van der Waals surface area contributed by atoms with E-state index in [0.717, 1.165) is 57.5 Å². The van der Waals surface area contributed by atoms with E-state index in [2.05, 4.69) is 75.1 Å².